The van der Waals surface area contributed by atoms with Crippen LogP contribution in [0.1, 0.15) is 98.3 Å². The third-order valence-corrected chi connectivity index (χ3v) is 8.35. The largest absolute Gasteiger partial charge is 0.393 e. The predicted octanol–water partition coefficient (Wildman–Crippen LogP) is 7.62. The topological polar surface area (TPSA) is 20.2 Å². The third-order valence-electron chi connectivity index (χ3n) is 8.35. The van der Waals surface area contributed by atoms with E-state index >= 15 is 0 Å². The minimum atomic E-state index is -0.172. The molecule has 0 heterocycles. The molecule has 3 rings (SSSR count). The van der Waals surface area contributed by atoms with E-state index in [9.17, 15) is 5.11 Å². The van der Waals surface area contributed by atoms with Gasteiger partial charge in [0.2, 0.25) is 0 Å². The van der Waals surface area contributed by atoms with Crippen LogP contribution in [0.25, 0.3) is 0 Å². The molecule has 0 aromatic rings. The molecule has 1 N–H and O–H groups in total. The van der Waals surface area contributed by atoms with Crippen LogP contribution in [0.15, 0.2) is 35.5 Å². The van der Waals surface area contributed by atoms with Crippen LogP contribution in [0, 0.1) is 29.1 Å². The van der Waals surface area contributed by atoms with E-state index in [0.29, 0.717) is 5.41 Å². The quantitative estimate of drug-likeness (QED) is 0.499. The number of fused-ring (bicyclic) bond motifs is 1. The van der Waals surface area contributed by atoms with Gasteiger partial charge in [0.15, 0.2) is 0 Å². The molecule has 0 radical (unpaired) electrons. The van der Waals surface area contributed by atoms with Crippen LogP contribution < -0.4 is 0 Å². The average molecular weight is 385 g/mol. The van der Waals surface area contributed by atoms with Crippen LogP contribution in [-0.4, -0.2) is 11.2 Å². The molecule has 0 aromatic heterocycles. The molecular formula is C27H44O. The Morgan fingerprint density at radius 1 is 1.11 bits per heavy atom. The SMILES string of the molecule is C=C1CC[C@@H](O)C/C1=C\C=C1/CCC[C@@]2(C)[C@H]1CC[C@H]2[C@@H](C)CCCC(C)C. The Hall–Kier alpha value is -0.820. The number of aliphatic hydroxyl groups excluding tert-OH is 1. The van der Waals surface area contributed by atoms with E-state index in [1.54, 1.807) is 5.57 Å². The van der Waals surface area contributed by atoms with Crippen molar-refractivity contribution in [3.05, 3.63) is 35.5 Å². The summed E-state index contributed by atoms with van der Waals surface area (Å²) in [6, 6.07) is 0. The van der Waals surface area contributed by atoms with Crippen molar-refractivity contribution < 1.29 is 5.11 Å². The molecular weight excluding hydrogens is 340 g/mol. The van der Waals surface area contributed by atoms with Gasteiger partial charge in [0.1, 0.15) is 0 Å². The molecule has 0 unspecified atom stereocenters. The number of allylic oxidation sites excluding steroid dienone is 4. The Kier molecular flexibility index (Phi) is 7.29. The predicted molar refractivity (Wildman–Crippen MR) is 121 cm³/mol. The van der Waals surface area contributed by atoms with Gasteiger partial charge in [-0.1, -0.05) is 76.8 Å². The Morgan fingerprint density at radius 3 is 2.64 bits per heavy atom. The summed E-state index contributed by atoms with van der Waals surface area (Å²) in [5.74, 6) is 3.37. The molecule has 3 aliphatic rings. The van der Waals surface area contributed by atoms with Crippen molar-refractivity contribution in [2.45, 2.75) is 104 Å². The molecule has 0 bridgehead atoms. The maximum atomic E-state index is 10.0. The second-order valence-corrected chi connectivity index (χ2v) is 10.8. The summed E-state index contributed by atoms with van der Waals surface area (Å²) in [5.41, 5.74) is 4.72. The maximum absolute atomic E-state index is 10.0. The lowest BCUT2D eigenvalue weighted by molar-refractivity contribution is 0.0929. The maximum Gasteiger partial charge on any atom is 0.0583 e. The van der Waals surface area contributed by atoms with Crippen molar-refractivity contribution >= 4 is 0 Å². The minimum absolute atomic E-state index is 0.172. The van der Waals surface area contributed by atoms with E-state index in [4.69, 9.17) is 0 Å². The summed E-state index contributed by atoms with van der Waals surface area (Å²) in [6.07, 6.45) is 18.2. The van der Waals surface area contributed by atoms with Crippen LogP contribution in [0.4, 0.5) is 0 Å². The van der Waals surface area contributed by atoms with E-state index in [-0.39, 0.29) is 6.10 Å². The lowest BCUT2D eigenvalue weighted by Crippen LogP contribution is -2.36. The zero-order valence-corrected chi connectivity index (χ0v) is 19.0. The van der Waals surface area contributed by atoms with Crippen molar-refractivity contribution in [1.82, 2.24) is 0 Å². The number of hydrogen-bond donors (Lipinski definition) is 1. The first-order valence-electron chi connectivity index (χ1n) is 12.1. The molecule has 0 saturated heterocycles. The fourth-order valence-corrected chi connectivity index (χ4v) is 6.66. The first-order chi connectivity index (χ1) is 13.3. The zero-order valence-electron chi connectivity index (χ0n) is 19.0. The van der Waals surface area contributed by atoms with Crippen molar-refractivity contribution in [2.75, 3.05) is 0 Å². The first-order valence-corrected chi connectivity index (χ1v) is 12.1. The van der Waals surface area contributed by atoms with Gasteiger partial charge >= 0.3 is 0 Å². The molecule has 1 nitrogen and oxygen atoms in total. The van der Waals surface area contributed by atoms with Crippen LogP contribution in [0.3, 0.4) is 0 Å². The van der Waals surface area contributed by atoms with Gasteiger partial charge in [-0.15, -0.1) is 0 Å². The first kappa shape index (κ1) is 21.9. The molecule has 3 fully saturated rings. The summed E-state index contributed by atoms with van der Waals surface area (Å²) >= 11 is 0. The van der Waals surface area contributed by atoms with Gasteiger partial charge < -0.3 is 5.11 Å². The lowest BCUT2D eigenvalue weighted by atomic mass is 9.60. The summed E-state index contributed by atoms with van der Waals surface area (Å²) in [6.45, 7) is 14.1. The van der Waals surface area contributed by atoms with E-state index < -0.39 is 0 Å². The van der Waals surface area contributed by atoms with E-state index in [2.05, 4.69) is 46.4 Å². The fraction of sp³-hybridized carbons (Fsp3) is 0.778. The summed E-state index contributed by atoms with van der Waals surface area (Å²) in [5, 5.41) is 10.0. The van der Waals surface area contributed by atoms with Crippen molar-refractivity contribution in [3.63, 3.8) is 0 Å². The second kappa shape index (κ2) is 9.33. The van der Waals surface area contributed by atoms with Gasteiger partial charge in [0.05, 0.1) is 6.10 Å². The smallest absolute Gasteiger partial charge is 0.0583 e. The molecule has 1 heteroatoms. The fourth-order valence-electron chi connectivity index (χ4n) is 6.66. The molecule has 3 aliphatic carbocycles. The van der Waals surface area contributed by atoms with Crippen molar-refractivity contribution in [2.24, 2.45) is 29.1 Å². The number of aliphatic hydroxyl groups is 1. The minimum Gasteiger partial charge on any atom is -0.393 e. The Labute approximate surface area is 174 Å². The highest BCUT2D eigenvalue weighted by Crippen LogP contribution is 2.59. The van der Waals surface area contributed by atoms with Gasteiger partial charge in [0, 0.05) is 0 Å². The van der Waals surface area contributed by atoms with Crippen LogP contribution in [0.5, 0.6) is 0 Å². The van der Waals surface area contributed by atoms with E-state index in [1.165, 1.54) is 62.5 Å². The second-order valence-electron chi connectivity index (χ2n) is 10.8. The van der Waals surface area contributed by atoms with Crippen molar-refractivity contribution in [3.8, 4) is 0 Å². The highest BCUT2D eigenvalue weighted by molar-refractivity contribution is 5.36. The van der Waals surface area contributed by atoms with Crippen LogP contribution in [0.2, 0.25) is 0 Å². The van der Waals surface area contributed by atoms with E-state index in [0.717, 1.165) is 42.9 Å². The molecule has 0 spiro atoms. The van der Waals surface area contributed by atoms with Gasteiger partial charge in [0.25, 0.3) is 0 Å². The highest BCUT2D eigenvalue weighted by atomic mass is 16.3. The average Bonchev–Trinajstić information content (AvgIpc) is 2.99. The number of hydrogen-bond acceptors (Lipinski definition) is 1. The summed E-state index contributed by atoms with van der Waals surface area (Å²) < 4.78 is 0. The van der Waals surface area contributed by atoms with Crippen LogP contribution >= 0.6 is 0 Å². The normalized spacial score (nSPS) is 37.6. The Bertz CT molecular complexity index is 610. The molecule has 0 amide bonds. The molecule has 3 saturated carbocycles. The molecule has 5 atom stereocenters. The van der Waals surface area contributed by atoms with Crippen molar-refractivity contribution in [1.29, 1.82) is 0 Å². The summed E-state index contributed by atoms with van der Waals surface area (Å²) in [4.78, 5) is 0. The van der Waals surface area contributed by atoms with Gasteiger partial charge in [-0.3, -0.25) is 0 Å². The van der Waals surface area contributed by atoms with Gasteiger partial charge in [-0.2, -0.15) is 0 Å². The monoisotopic (exact) mass is 384 g/mol. The Morgan fingerprint density at radius 2 is 1.89 bits per heavy atom. The third kappa shape index (κ3) is 4.84. The molecule has 28 heavy (non-hydrogen) atoms. The lowest BCUT2D eigenvalue weighted by Gasteiger charge is -2.44. The van der Waals surface area contributed by atoms with Crippen LogP contribution in [-0.2, 0) is 0 Å². The van der Waals surface area contributed by atoms with E-state index in [1.807, 2.05) is 0 Å². The number of rotatable bonds is 6. The standard InChI is InChI=1S/C27H44O/c1-19(2)8-6-9-21(4)25-15-16-26-22(10-7-17-27(25,26)5)12-13-23-18-24(28)14-11-20(23)3/h12-13,19,21,24-26,28H,3,6-11,14-18H2,1-2,4-5H3/b22-12+,23-13+/t21-,24+,25-,26-,27+/m0/s1. The van der Waals surface area contributed by atoms with Gasteiger partial charge in [-0.25, -0.2) is 0 Å². The zero-order chi connectivity index (χ0) is 20.3. The molecule has 158 valence electrons. The summed E-state index contributed by atoms with van der Waals surface area (Å²) in [7, 11) is 0. The molecule has 0 aromatic carbocycles. The van der Waals surface area contributed by atoms with Gasteiger partial charge in [-0.05, 0) is 86.0 Å². The molecule has 0 aliphatic heterocycles. The Balaban J connectivity index is 1.70. The highest BCUT2D eigenvalue weighted by Gasteiger charge is 2.50.